The molecule has 0 bridgehead atoms. The van der Waals surface area contributed by atoms with Crippen LogP contribution in [-0.4, -0.2) is 17.0 Å². The minimum atomic E-state index is 0.0812. The van der Waals surface area contributed by atoms with Crippen LogP contribution in [0, 0.1) is 6.92 Å². The molecule has 1 N–H and O–H groups in total. The van der Waals surface area contributed by atoms with Crippen LogP contribution < -0.4 is 5.32 Å². The van der Waals surface area contributed by atoms with Gasteiger partial charge in [0.05, 0.1) is 11.7 Å². The maximum absolute atomic E-state index is 6.20. The summed E-state index contributed by atoms with van der Waals surface area (Å²) >= 11 is 12.2. The number of aromatic nitrogens is 2. The van der Waals surface area contributed by atoms with Gasteiger partial charge in [0.25, 0.3) is 0 Å². The van der Waals surface area contributed by atoms with Gasteiger partial charge in [-0.25, -0.2) is 9.97 Å². The Labute approximate surface area is 123 Å². The van der Waals surface area contributed by atoms with Gasteiger partial charge >= 0.3 is 0 Å². The summed E-state index contributed by atoms with van der Waals surface area (Å²) < 4.78 is 0. The van der Waals surface area contributed by atoms with Gasteiger partial charge in [0.2, 0.25) is 0 Å². The van der Waals surface area contributed by atoms with E-state index in [4.69, 9.17) is 23.2 Å². The first kappa shape index (κ1) is 14.3. The van der Waals surface area contributed by atoms with Gasteiger partial charge < -0.3 is 5.32 Å². The molecule has 2 aromatic rings. The van der Waals surface area contributed by atoms with Crippen LogP contribution in [0.15, 0.2) is 30.5 Å². The van der Waals surface area contributed by atoms with Crippen LogP contribution in [0.3, 0.4) is 0 Å². The number of rotatable bonds is 4. The summed E-state index contributed by atoms with van der Waals surface area (Å²) in [6, 6.07) is 7.49. The quantitative estimate of drug-likeness (QED) is 0.937. The van der Waals surface area contributed by atoms with Crippen molar-refractivity contribution in [3.8, 4) is 0 Å². The second-order valence-corrected chi connectivity index (χ2v) is 5.15. The molecule has 0 saturated carbocycles. The van der Waals surface area contributed by atoms with Crippen molar-refractivity contribution in [3.63, 3.8) is 0 Å². The second kappa shape index (κ2) is 6.33. The van der Waals surface area contributed by atoms with Gasteiger partial charge in [-0.05, 0) is 50.2 Å². The molecular formula is C14H15Cl2N3. The fourth-order valence-corrected chi connectivity index (χ4v) is 2.33. The molecule has 3 nitrogen and oxygen atoms in total. The van der Waals surface area contributed by atoms with Gasteiger partial charge in [-0.15, -0.1) is 0 Å². The molecule has 1 aromatic carbocycles. The zero-order chi connectivity index (χ0) is 13.8. The van der Waals surface area contributed by atoms with E-state index in [1.165, 1.54) is 0 Å². The molecule has 5 heteroatoms. The fraction of sp³-hybridized carbons (Fsp3) is 0.286. The van der Waals surface area contributed by atoms with E-state index in [1.54, 1.807) is 12.3 Å². The molecule has 0 spiro atoms. The molecule has 0 aliphatic carbocycles. The van der Waals surface area contributed by atoms with Crippen LogP contribution >= 0.6 is 23.2 Å². The van der Waals surface area contributed by atoms with E-state index < -0.39 is 0 Å². The Balaban J connectivity index is 2.26. The van der Waals surface area contributed by atoms with E-state index in [1.807, 2.05) is 32.2 Å². The monoisotopic (exact) mass is 295 g/mol. The first-order chi connectivity index (χ1) is 9.10. The third-order valence-corrected chi connectivity index (χ3v) is 3.54. The highest BCUT2D eigenvalue weighted by Crippen LogP contribution is 2.25. The first-order valence-corrected chi connectivity index (χ1v) is 6.76. The van der Waals surface area contributed by atoms with Gasteiger partial charge in [-0.1, -0.05) is 23.2 Å². The molecule has 1 unspecified atom stereocenters. The third-order valence-electron chi connectivity index (χ3n) is 2.93. The van der Waals surface area contributed by atoms with Crippen LogP contribution in [0.4, 0.5) is 0 Å². The van der Waals surface area contributed by atoms with Gasteiger partial charge in [0.1, 0.15) is 5.82 Å². The summed E-state index contributed by atoms with van der Waals surface area (Å²) in [6.45, 7) is 1.88. The lowest BCUT2D eigenvalue weighted by molar-refractivity contribution is 0.572. The summed E-state index contributed by atoms with van der Waals surface area (Å²) in [4.78, 5) is 8.55. The van der Waals surface area contributed by atoms with Gasteiger partial charge in [-0.2, -0.15) is 0 Å². The molecule has 0 aliphatic rings. The third kappa shape index (κ3) is 3.66. The SMILES string of the molecule is CNC(Cc1cc(Cl)ccc1Cl)c1ccnc(C)n1. The summed E-state index contributed by atoms with van der Waals surface area (Å²) in [5.41, 5.74) is 1.95. The number of benzene rings is 1. The maximum Gasteiger partial charge on any atom is 0.125 e. The van der Waals surface area contributed by atoms with Crippen LogP contribution in [0.5, 0.6) is 0 Å². The van der Waals surface area contributed by atoms with E-state index in [0.717, 1.165) is 28.5 Å². The van der Waals surface area contributed by atoms with E-state index in [2.05, 4.69) is 15.3 Å². The highest BCUT2D eigenvalue weighted by atomic mass is 35.5. The number of likely N-dealkylation sites (N-methyl/N-ethyl adjacent to an activating group) is 1. The zero-order valence-corrected chi connectivity index (χ0v) is 12.3. The lowest BCUT2D eigenvalue weighted by Gasteiger charge is -2.17. The van der Waals surface area contributed by atoms with Crippen molar-refractivity contribution in [2.75, 3.05) is 7.05 Å². The van der Waals surface area contributed by atoms with Crippen molar-refractivity contribution in [2.24, 2.45) is 0 Å². The minimum absolute atomic E-state index is 0.0812. The summed E-state index contributed by atoms with van der Waals surface area (Å²) in [5, 5.41) is 4.65. The average molecular weight is 296 g/mol. The molecule has 1 aromatic heterocycles. The van der Waals surface area contributed by atoms with Crippen molar-refractivity contribution in [1.29, 1.82) is 0 Å². The molecule has 1 atom stereocenters. The van der Waals surface area contributed by atoms with Crippen LogP contribution in [0.2, 0.25) is 10.0 Å². The zero-order valence-electron chi connectivity index (χ0n) is 10.8. The minimum Gasteiger partial charge on any atom is -0.311 e. The highest BCUT2D eigenvalue weighted by molar-refractivity contribution is 6.33. The number of hydrogen-bond donors (Lipinski definition) is 1. The highest BCUT2D eigenvalue weighted by Gasteiger charge is 2.14. The molecule has 0 aliphatic heterocycles. The second-order valence-electron chi connectivity index (χ2n) is 4.31. The Morgan fingerprint density at radius 1 is 1.26 bits per heavy atom. The standard InChI is InChI=1S/C14H15Cl2N3/c1-9-18-6-5-13(19-9)14(17-2)8-10-7-11(15)3-4-12(10)16/h3-7,14,17H,8H2,1-2H3. The Kier molecular flexibility index (Phi) is 4.75. The predicted octanol–water partition coefficient (Wildman–Crippen LogP) is 3.60. The fourth-order valence-electron chi connectivity index (χ4n) is 1.94. The number of nitrogens with one attached hydrogen (secondary N) is 1. The summed E-state index contributed by atoms with van der Waals surface area (Å²) in [5.74, 6) is 0.759. The van der Waals surface area contributed by atoms with Crippen LogP contribution in [0.25, 0.3) is 0 Å². The van der Waals surface area contributed by atoms with Crippen molar-refractivity contribution >= 4 is 23.2 Å². The normalized spacial score (nSPS) is 12.4. The number of aryl methyl sites for hydroxylation is 1. The summed E-state index contributed by atoms with van der Waals surface area (Å²) in [7, 11) is 1.90. The Bertz CT molecular complexity index is 572. The molecule has 100 valence electrons. The lowest BCUT2D eigenvalue weighted by atomic mass is 10.0. The molecular weight excluding hydrogens is 281 g/mol. The van der Waals surface area contributed by atoms with Crippen LogP contribution in [0.1, 0.15) is 23.1 Å². The Morgan fingerprint density at radius 2 is 2.05 bits per heavy atom. The maximum atomic E-state index is 6.20. The molecule has 0 amide bonds. The Morgan fingerprint density at radius 3 is 2.74 bits per heavy atom. The molecule has 19 heavy (non-hydrogen) atoms. The molecule has 0 saturated heterocycles. The number of halogens is 2. The Hall–Kier alpha value is -1.16. The predicted molar refractivity (Wildman–Crippen MR) is 78.7 cm³/mol. The molecule has 0 radical (unpaired) electrons. The first-order valence-electron chi connectivity index (χ1n) is 6.01. The van der Waals surface area contributed by atoms with Gasteiger partial charge in [-0.3, -0.25) is 0 Å². The van der Waals surface area contributed by atoms with Crippen molar-refractivity contribution in [1.82, 2.24) is 15.3 Å². The van der Waals surface area contributed by atoms with Crippen molar-refractivity contribution in [3.05, 3.63) is 57.6 Å². The van der Waals surface area contributed by atoms with Gasteiger partial charge in [0.15, 0.2) is 0 Å². The van der Waals surface area contributed by atoms with E-state index in [9.17, 15) is 0 Å². The van der Waals surface area contributed by atoms with E-state index in [-0.39, 0.29) is 6.04 Å². The summed E-state index contributed by atoms with van der Waals surface area (Å²) in [6.07, 6.45) is 2.49. The average Bonchev–Trinajstić information content (AvgIpc) is 2.39. The van der Waals surface area contributed by atoms with E-state index in [0.29, 0.717) is 5.02 Å². The number of nitrogens with zero attached hydrogens (tertiary/aromatic N) is 2. The largest absolute Gasteiger partial charge is 0.311 e. The molecule has 0 fully saturated rings. The van der Waals surface area contributed by atoms with Crippen LogP contribution in [-0.2, 0) is 6.42 Å². The lowest BCUT2D eigenvalue weighted by Crippen LogP contribution is -2.20. The van der Waals surface area contributed by atoms with E-state index >= 15 is 0 Å². The van der Waals surface area contributed by atoms with Crippen molar-refractivity contribution in [2.45, 2.75) is 19.4 Å². The topological polar surface area (TPSA) is 37.8 Å². The molecule has 2 rings (SSSR count). The smallest absolute Gasteiger partial charge is 0.125 e. The van der Waals surface area contributed by atoms with Crippen molar-refractivity contribution < 1.29 is 0 Å². The number of hydrogen-bond acceptors (Lipinski definition) is 3. The van der Waals surface area contributed by atoms with Gasteiger partial charge in [0, 0.05) is 16.2 Å². The molecule has 1 heterocycles.